The van der Waals surface area contributed by atoms with Gasteiger partial charge in [-0.1, -0.05) is 25.5 Å². The van der Waals surface area contributed by atoms with Crippen molar-refractivity contribution in [2.45, 2.75) is 46.8 Å². The molecule has 0 aliphatic rings. The van der Waals surface area contributed by atoms with Crippen LogP contribution in [0.1, 0.15) is 41.0 Å². The first-order valence-corrected chi connectivity index (χ1v) is 5.03. The molecular weight excluding hydrogens is 176 g/mol. The van der Waals surface area contributed by atoms with E-state index >= 15 is 0 Å². The van der Waals surface area contributed by atoms with Crippen LogP contribution in [0, 0.1) is 5.41 Å². The first-order valence-electron chi connectivity index (χ1n) is 5.03. The van der Waals surface area contributed by atoms with Crippen molar-refractivity contribution in [1.29, 1.82) is 0 Å². The molecule has 0 N–H and O–H groups in total. The van der Waals surface area contributed by atoms with Gasteiger partial charge < -0.3 is 9.47 Å². The minimum absolute atomic E-state index is 0.0340. The van der Waals surface area contributed by atoms with E-state index in [1.54, 1.807) is 14.2 Å². The highest BCUT2D eigenvalue weighted by molar-refractivity contribution is 4.98. The molecule has 0 saturated carbocycles. The van der Waals surface area contributed by atoms with E-state index in [0.717, 1.165) is 6.42 Å². The Morgan fingerprint density at radius 1 is 1.07 bits per heavy atom. The quantitative estimate of drug-likeness (QED) is 0.500. The molecule has 0 aromatic heterocycles. The molecule has 0 aliphatic heterocycles. The molecule has 0 aromatic rings. The highest BCUT2D eigenvalue weighted by Gasteiger charge is 2.40. The van der Waals surface area contributed by atoms with Gasteiger partial charge in [0.2, 0.25) is 0 Å². The zero-order valence-corrected chi connectivity index (χ0v) is 10.6. The van der Waals surface area contributed by atoms with Crippen LogP contribution in [-0.2, 0) is 9.47 Å². The lowest BCUT2D eigenvalue weighted by atomic mass is 9.80. The van der Waals surface area contributed by atoms with Gasteiger partial charge >= 0.3 is 0 Å². The summed E-state index contributed by atoms with van der Waals surface area (Å²) >= 11 is 0. The van der Waals surface area contributed by atoms with Crippen molar-refractivity contribution in [1.82, 2.24) is 0 Å². The molecule has 0 fully saturated rings. The monoisotopic (exact) mass is 200 g/mol. The summed E-state index contributed by atoms with van der Waals surface area (Å²) in [6.07, 6.45) is 3.17. The Morgan fingerprint density at radius 3 is 1.79 bits per heavy atom. The van der Waals surface area contributed by atoms with E-state index in [4.69, 9.17) is 9.47 Å². The first kappa shape index (κ1) is 13.7. The van der Waals surface area contributed by atoms with Gasteiger partial charge in [0.1, 0.15) is 0 Å². The van der Waals surface area contributed by atoms with Crippen LogP contribution in [-0.4, -0.2) is 20.0 Å². The molecule has 0 atom stereocenters. The normalized spacial score (nSPS) is 12.8. The minimum Gasteiger partial charge on any atom is -0.353 e. The second kappa shape index (κ2) is 4.94. The van der Waals surface area contributed by atoms with Crippen LogP contribution in [0.5, 0.6) is 0 Å². The molecule has 0 unspecified atom stereocenters. The lowest BCUT2D eigenvalue weighted by Crippen LogP contribution is -2.45. The minimum atomic E-state index is -0.529. The summed E-state index contributed by atoms with van der Waals surface area (Å²) < 4.78 is 10.9. The second-order valence-electron chi connectivity index (χ2n) is 4.72. The first-order chi connectivity index (χ1) is 6.29. The molecule has 0 spiro atoms. The lowest BCUT2D eigenvalue weighted by Gasteiger charge is -2.41. The van der Waals surface area contributed by atoms with Gasteiger partial charge in [-0.15, -0.1) is 0 Å². The Morgan fingerprint density at radius 2 is 1.50 bits per heavy atom. The predicted octanol–water partition coefficient (Wildman–Crippen LogP) is 3.38. The lowest BCUT2D eigenvalue weighted by molar-refractivity contribution is -0.254. The average Bonchev–Trinajstić information content (AvgIpc) is 2.13. The van der Waals surface area contributed by atoms with Gasteiger partial charge in [-0.25, -0.2) is 0 Å². The predicted molar refractivity (Wildman–Crippen MR) is 60.3 cm³/mol. The maximum absolute atomic E-state index is 5.43. The topological polar surface area (TPSA) is 18.5 Å². The molecular formula is C12H24O2. The summed E-state index contributed by atoms with van der Waals surface area (Å²) in [5, 5.41) is 0. The van der Waals surface area contributed by atoms with E-state index in [9.17, 15) is 0 Å². The highest BCUT2D eigenvalue weighted by Crippen LogP contribution is 2.37. The smallest absolute Gasteiger partial charge is 0.170 e. The third-order valence-electron chi connectivity index (χ3n) is 3.03. The van der Waals surface area contributed by atoms with Crippen LogP contribution in [0.15, 0.2) is 11.6 Å². The number of hydrogen-bond donors (Lipinski definition) is 0. The largest absolute Gasteiger partial charge is 0.353 e. The van der Waals surface area contributed by atoms with Gasteiger partial charge in [-0.2, -0.15) is 0 Å². The highest BCUT2D eigenvalue weighted by atomic mass is 16.7. The van der Waals surface area contributed by atoms with Crippen molar-refractivity contribution < 1.29 is 9.47 Å². The molecule has 2 nitrogen and oxygen atoms in total. The van der Waals surface area contributed by atoms with E-state index < -0.39 is 5.79 Å². The molecule has 0 amide bonds. The molecule has 14 heavy (non-hydrogen) atoms. The molecule has 0 bridgehead atoms. The Hall–Kier alpha value is -0.340. The Labute approximate surface area is 88.3 Å². The van der Waals surface area contributed by atoms with E-state index in [-0.39, 0.29) is 5.41 Å². The molecule has 0 aromatic carbocycles. The van der Waals surface area contributed by atoms with Crippen molar-refractivity contribution in [2.24, 2.45) is 5.41 Å². The van der Waals surface area contributed by atoms with Gasteiger partial charge in [-0.3, -0.25) is 0 Å². The van der Waals surface area contributed by atoms with E-state index in [1.807, 2.05) is 6.92 Å². The van der Waals surface area contributed by atoms with E-state index in [0.29, 0.717) is 0 Å². The van der Waals surface area contributed by atoms with Gasteiger partial charge in [0, 0.05) is 19.6 Å². The summed E-state index contributed by atoms with van der Waals surface area (Å²) in [4.78, 5) is 0. The van der Waals surface area contributed by atoms with Crippen LogP contribution in [0.2, 0.25) is 0 Å². The summed E-state index contributed by atoms with van der Waals surface area (Å²) in [6, 6.07) is 0. The van der Waals surface area contributed by atoms with Crippen LogP contribution >= 0.6 is 0 Å². The zero-order chi connectivity index (χ0) is 11.4. The van der Waals surface area contributed by atoms with Gasteiger partial charge in [-0.05, 0) is 27.2 Å². The standard InChI is InChI=1S/C12H24O2/c1-10(2)8-9-11(3,4)12(5,13-6)14-7/h8H,9H2,1-7H3. The fourth-order valence-corrected chi connectivity index (χ4v) is 1.28. The molecule has 84 valence electrons. The number of methoxy groups -OCH3 is 2. The SMILES string of the molecule is COC(C)(OC)C(C)(C)CC=C(C)C. The summed E-state index contributed by atoms with van der Waals surface area (Å²) in [5.41, 5.74) is 1.29. The summed E-state index contributed by atoms with van der Waals surface area (Å²) in [6.45, 7) is 10.5. The van der Waals surface area contributed by atoms with Crippen LogP contribution in [0.3, 0.4) is 0 Å². The maximum atomic E-state index is 5.43. The fraction of sp³-hybridized carbons (Fsp3) is 0.833. The Kier molecular flexibility index (Phi) is 4.82. The van der Waals surface area contributed by atoms with Gasteiger partial charge in [0.05, 0.1) is 0 Å². The van der Waals surface area contributed by atoms with Crippen molar-refractivity contribution in [3.8, 4) is 0 Å². The van der Waals surface area contributed by atoms with E-state index in [1.165, 1.54) is 5.57 Å². The summed E-state index contributed by atoms with van der Waals surface area (Å²) in [7, 11) is 3.38. The van der Waals surface area contributed by atoms with Crippen molar-refractivity contribution in [3.05, 3.63) is 11.6 Å². The fourth-order valence-electron chi connectivity index (χ4n) is 1.28. The zero-order valence-electron chi connectivity index (χ0n) is 10.6. The molecule has 0 saturated heterocycles. The third kappa shape index (κ3) is 3.10. The maximum Gasteiger partial charge on any atom is 0.170 e. The van der Waals surface area contributed by atoms with Crippen LogP contribution < -0.4 is 0 Å². The third-order valence-corrected chi connectivity index (χ3v) is 3.03. The molecule has 0 radical (unpaired) electrons. The van der Waals surface area contributed by atoms with Crippen LogP contribution in [0.4, 0.5) is 0 Å². The van der Waals surface area contributed by atoms with Gasteiger partial charge in [0.25, 0.3) is 0 Å². The second-order valence-corrected chi connectivity index (χ2v) is 4.72. The molecule has 0 rings (SSSR count). The van der Waals surface area contributed by atoms with Gasteiger partial charge in [0.15, 0.2) is 5.79 Å². The molecule has 2 heteroatoms. The number of rotatable bonds is 5. The Bertz CT molecular complexity index is 196. The van der Waals surface area contributed by atoms with Crippen molar-refractivity contribution >= 4 is 0 Å². The van der Waals surface area contributed by atoms with Crippen molar-refractivity contribution in [2.75, 3.05) is 14.2 Å². The molecule has 0 heterocycles. The number of allylic oxidation sites excluding steroid dienone is 2. The van der Waals surface area contributed by atoms with Crippen LogP contribution in [0.25, 0.3) is 0 Å². The molecule has 0 aliphatic carbocycles. The number of hydrogen-bond acceptors (Lipinski definition) is 2. The number of ether oxygens (including phenoxy) is 2. The van der Waals surface area contributed by atoms with Crippen molar-refractivity contribution in [3.63, 3.8) is 0 Å². The van der Waals surface area contributed by atoms with E-state index in [2.05, 4.69) is 33.8 Å². The Balaban J connectivity index is 4.66. The summed E-state index contributed by atoms with van der Waals surface area (Å²) in [5.74, 6) is -0.529. The average molecular weight is 200 g/mol.